The van der Waals surface area contributed by atoms with Crippen LogP contribution in [-0.4, -0.2) is 37.0 Å². The smallest absolute Gasteiger partial charge is 0.328 e. The molecule has 2 rings (SSSR count). The number of amides is 2. The Bertz CT molecular complexity index is 854. The zero-order valence-electron chi connectivity index (χ0n) is 16.1. The maximum absolute atomic E-state index is 12.9. The molecule has 0 spiro atoms. The summed E-state index contributed by atoms with van der Waals surface area (Å²) in [5.74, 6) is -1.51. The van der Waals surface area contributed by atoms with Gasteiger partial charge in [-0.05, 0) is 23.3 Å². The number of carbonyl (C=O) groups is 3. The quantitative estimate of drug-likeness (QED) is 0.622. The van der Waals surface area contributed by atoms with Crippen molar-refractivity contribution < 1.29 is 19.1 Å². The van der Waals surface area contributed by atoms with E-state index in [1.807, 2.05) is 30.3 Å². The van der Waals surface area contributed by atoms with E-state index in [2.05, 4.69) is 10.6 Å². The molecule has 0 bridgehead atoms. The summed E-state index contributed by atoms with van der Waals surface area (Å²) in [6.45, 7) is 1.33. The summed E-state index contributed by atoms with van der Waals surface area (Å²) in [5.41, 5.74) is 1.39. The molecule has 0 aliphatic heterocycles. The lowest BCUT2D eigenvalue weighted by atomic mass is 10.0. The second-order valence-electron chi connectivity index (χ2n) is 6.43. The number of rotatable bonds is 8. The first kappa shape index (κ1) is 22.7. The fourth-order valence-corrected chi connectivity index (χ4v) is 3.40. The number of hydrogen-bond acceptors (Lipinski definition) is 4. The van der Waals surface area contributed by atoms with Gasteiger partial charge in [-0.2, -0.15) is 0 Å². The third-order valence-electron chi connectivity index (χ3n) is 4.25. The molecule has 0 unspecified atom stereocenters. The highest BCUT2D eigenvalue weighted by Crippen LogP contribution is 2.25. The molecule has 0 aliphatic carbocycles. The Kier molecular flexibility index (Phi) is 8.49. The summed E-state index contributed by atoms with van der Waals surface area (Å²) in [4.78, 5) is 36.7. The fraction of sp³-hybridized carbons (Fsp3) is 0.286. The monoisotopic (exact) mass is 436 g/mol. The maximum atomic E-state index is 12.9. The van der Waals surface area contributed by atoms with Crippen LogP contribution in [0, 0.1) is 0 Å². The largest absolute Gasteiger partial charge is 0.467 e. The van der Waals surface area contributed by atoms with Crippen LogP contribution in [0.15, 0.2) is 48.5 Å². The van der Waals surface area contributed by atoms with E-state index in [0.29, 0.717) is 15.6 Å². The van der Waals surface area contributed by atoms with Gasteiger partial charge in [-0.25, -0.2) is 4.79 Å². The highest BCUT2D eigenvalue weighted by molar-refractivity contribution is 6.36. The number of hydrogen-bond donors (Lipinski definition) is 2. The Morgan fingerprint density at radius 3 is 2.07 bits per heavy atom. The number of esters is 1. The second kappa shape index (κ2) is 10.8. The normalized spacial score (nSPS) is 12.6. The van der Waals surface area contributed by atoms with Crippen LogP contribution in [0.3, 0.4) is 0 Å². The van der Waals surface area contributed by atoms with Crippen LogP contribution in [0.1, 0.15) is 18.1 Å². The molecule has 2 amide bonds. The first-order chi connectivity index (χ1) is 13.8. The van der Waals surface area contributed by atoms with Crippen molar-refractivity contribution in [2.75, 3.05) is 7.11 Å². The summed E-state index contributed by atoms with van der Waals surface area (Å²) in [6.07, 6.45) is 0.321. The molecule has 2 N–H and O–H groups in total. The first-order valence-corrected chi connectivity index (χ1v) is 9.69. The summed E-state index contributed by atoms with van der Waals surface area (Å²) < 4.78 is 4.82. The van der Waals surface area contributed by atoms with E-state index in [1.165, 1.54) is 14.0 Å². The molecule has 2 atom stereocenters. The molecule has 0 radical (unpaired) electrons. The summed E-state index contributed by atoms with van der Waals surface area (Å²) in [7, 11) is 1.23. The number of carbonyl (C=O) groups excluding carboxylic acids is 3. The average molecular weight is 437 g/mol. The summed E-state index contributed by atoms with van der Waals surface area (Å²) >= 11 is 12.4. The van der Waals surface area contributed by atoms with Gasteiger partial charge in [0.15, 0.2) is 0 Å². The number of ether oxygens (including phenoxy) is 1. The lowest BCUT2D eigenvalue weighted by Crippen LogP contribution is -2.53. The first-order valence-electron chi connectivity index (χ1n) is 8.94. The van der Waals surface area contributed by atoms with E-state index in [-0.39, 0.29) is 18.7 Å². The Balaban J connectivity index is 2.21. The molecule has 0 heterocycles. The van der Waals surface area contributed by atoms with Gasteiger partial charge in [0, 0.05) is 29.8 Å². The highest BCUT2D eigenvalue weighted by atomic mass is 35.5. The minimum absolute atomic E-state index is 0.0506. The van der Waals surface area contributed by atoms with Crippen molar-refractivity contribution in [2.45, 2.75) is 31.8 Å². The molecule has 8 heteroatoms. The SMILES string of the molecule is COC(=O)[C@H](Cc1c(Cl)cccc1Cl)NC(=O)[C@@H](Cc1ccccc1)NC(C)=O. The average Bonchev–Trinajstić information content (AvgIpc) is 2.69. The molecule has 2 aromatic rings. The van der Waals surface area contributed by atoms with E-state index >= 15 is 0 Å². The molecule has 0 saturated carbocycles. The zero-order chi connectivity index (χ0) is 21.4. The van der Waals surface area contributed by atoms with Gasteiger partial charge >= 0.3 is 5.97 Å². The van der Waals surface area contributed by atoms with Crippen LogP contribution in [0.5, 0.6) is 0 Å². The molecule has 29 heavy (non-hydrogen) atoms. The van der Waals surface area contributed by atoms with Gasteiger partial charge in [0.05, 0.1) is 7.11 Å². The number of methoxy groups -OCH3 is 1. The van der Waals surface area contributed by atoms with Gasteiger partial charge in [-0.1, -0.05) is 59.6 Å². The predicted octanol–water partition coefficient (Wildman–Crippen LogP) is 2.94. The lowest BCUT2D eigenvalue weighted by Gasteiger charge is -2.22. The van der Waals surface area contributed by atoms with Crippen molar-refractivity contribution in [3.05, 3.63) is 69.7 Å². The van der Waals surface area contributed by atoms with Crippen molar-refractivity contribution in [2.24, 2.45) is 0 Å². The minimum atomic E-state index is -1.02. The van der Waals surface area contributed by atoms with Crippen LogP contribution >= 0.6 is 23.2 Å². The van der Waals surface area contributed by atoms with Crippen LogP contribution < -0.4 is 10.6 Å². The van der Waals surface area contributed by atoms with Crippen molar-refractivity contribution in [3.8, 4) is 0 Å². The fourth-order valence-electron chi connectivity index (χ4n) is 2.84. The van der Waals surface area contributed by atoms with Gasteiger partial charge < -0.3 is 15.4 Å². The van der Waals surface area contributed by atoms with E-state index in [9.17, 15) is 14.4 Å². The Morgan fingerprint density at radius 1 is 0.897 bits per heavy atom. The third kappa shape index (κ3) is 6.76. The zero-order valence-corrected chi connectivity index (χ0v) is 17.6. The summed E-state index contributed by atoms with van der Waals surface area (Å²) in [6, 6.07) is 12.4. The Morgan fingerprint density at radius 2 is 1.52 bits per heavy atom. The lowest BCUT2D eigenvalue weighted by molar-refractivity contribution is -0.145. The Hall–Kier alpha value is -2.57. The van der Waals surface area contributed by atoms with Crippen molar-refractivity contribution in [1.82, 2.24) is 10.6 Å². The van der Waals surface area contributed by atoms with Crippen molar-refractivity contribution in [1.29, 1.82) is 0 Å². The van der Waals surface area contributed by atoms with Gasteiger partial charge in [-0.3, -0.25) is 9.59 Å². The van der Waals surface area contributed by atoms with Gasteiger partial charge in [0.2, 0.25) is 11.8 Å². The predicted molar refractivity (Wildman–Crippen MR) is 112 cm³/mol. The third-order valence-corrected chi connectivity index (χ3v) is 4.96. The van der Waals surface area contributed by atoms with Gasteiger partial charge in [-0.15, -0.1) is 0 Å². The Labute approximate surface area is 179 Å². The van der Waals surface area contributed by atoms with Crippen LogP contribution in [0.25, 0.3) is 0 Å². The van der Waals surface area contributed by atoms with E-state index in [0.717, 1.165) is 5.56 Å². The van der Waals surface area contributed by atoms with Crippen LogP contribution in [0.2, 0.25) is 10.0 Å². The molecule has 6 nitrogen and oxygen atoms in total. The van der Waals surface area contributed by atoms with Gasteiger partial charge in [0.25, 0.3) is 0 Å². The van der Waals surface area contributed by atoms with Crippen LogP contribution in [-0.2, 0) is 32.0 Å². The van der Waals surface area contributed by atoms with Gasteiger partial charge in [0.1, 0.15) is 12.1 Å². The summed E-state index contributed by atoms with van der Waals surface area (Å²) in [5, 5.41) is 6.03. The molecular formula is C21H22Cl2N2O4. The molecule has 154 valence electrons. The molecule has 0 aliphatic rings. The number of benzene rings is 2. The van der Waals surface area contributed by atoms with E-state index < -0.39 is 24.0 Å². The molecule has 0 aromatic heterocycles. The number of nitrogens with one attached hydrogen (secondary N) is 2. The second-order valence-corrected chi connectivity index (χ2v) is 7.25. The molecular weight excluding hydrogens is 415 g/mol. The van der Waals surface area contributed by atoms with Crippen LogP contribution in [0.4, 0.5) is 0 Å². The van der Waals surface area contributed by atoms with Crippen molar-refractivity contribution in [3.63, 3.8) is 0 Å². The minimum Gasteiger partial charge on any atom is -0.467 e. The topological polar surface area (TPSA) is 84.5 Å². The maximum Gasteiger partial charge on any atom is 0.328 e. The standard InChI is InChI=1S/C21H22Cl2N2O4/c1-13(26)24-18(11-14-7-4-3-5-8-14)20(27)25-19(21(28)29-2)12-15-16(22)9-6-10-17(15)23/h3-10,18-19H,11-12H2,1-2H3,(H,24,26)(H,25,27)/t18-,19+/m1/s1. The number of halogens is 2. The molecule has 0 fully saturated rings. The highest BCUT2D eigenvalue weighted by Gasteiger charge is 2.28. The molecule has 2 aromatic carbocycles. The van der Waals surface area contributed by atoms with Crippen molar-refractivity contribution >= 4 is 41.0 Å². The van der Waals surface area contributed by atoms with E-state index in [4.69, 9.17) is 27.9 Å². The van der Waals surface area contributed by atoms with E-state index in [1.54, 1.807) is 18.2 Å². The molecule has 0 saturated heterocycles.